The summed E-state index contributed by atoms with van der Waals surface area (Å²) < 4.78 is 5.15. The minimum absolute atomic E-state index is 0.126. The van der Waals surface area contributed by atoms with E-state index in [0.29, 0.717) is 12.2 Å². The van der Waals surface area contributed by atoms with Crippen LogP contribution in [0.1, 0.15) is 25.4 Å². The highest BCUT2D eigenvalue weighted by molar-refractivity contribution is 5.29. The lowest BCUT2D eigenvalue weighted by molar-refractivity contribution is 0.117. The van der Waals surface area contributed by atoms with Crippen molar-refractivity contribution in [3.8, 4) is 0 Å². The molecule has 1 heterocycles. The molecule has 78 valence electrons. The van der Waals surface area contributed by atoms with Crippen LogP contribution in [0.15, 0.2) is 6.07 Å². The minimum atomic E-state index is 0.126. The van der Waals surface area contributed by atoms with Crippen LogP contribution < -0.4 is 5.73 Å². The highest BCUT2D eigenvalue weighted by atomic mass is 16.5. The van der Waals surface area contributed by atoms with Crippen LogP contribution in [-0.4, -0.2) is 23.2 Å². The number of hydrogen-bond donors (Lipinski definition) is 1. The lowest BCUT2D eigenvalue weighted by Crippen LogP contribution is -2.13. The van der Waals surface area contributed by atoms with E-state index in [1.165, 1.54) is 0 Å². The maximum absolute atomic E-state index is 5.66. The molecule has 0 fully saturated rings. The van der Waals surface area contributed by atoms with E-state index in [1.807, 2.05) is 13.8 Å². The molecule has 1 aromatic rings. The van der Waals surface area contributed by atoms with Crippen molar-refractivity contribution in [1.82, 2.24) is 9.97 Å². The molecule has 0 aromatic carbocycles. The number of hydrogen-bond acceptors (Lipinski definition) is 4. The van der Waals surface area contributed by atoms with Gasteiger partial charge < -0.3 is 10.5 Å². The predicted octanol–water partition coefficient (Wildman–Crippen LogP) is 1.20. The molecule has 0 amide bonds. The first-order valence-corrected chi connectivity index (χ1v) is 4.80. The molecule has 1 rings (SSSR count). The van der Waals surface area contributed by atoms with E-state index in [4.69, 9.17) is 10.5 Å². The van der Waals surface area contributed by atoms with E-state index >= 15 is 0 Å². The van der Waals surface area contributed by atoms with Gasteiger partial charge in [0.1, 0.15) is 11.6 Å². The van der Waals surface area contributed by atoms with E-state index < -0.39 is 0 Å². The van der Waals surface area contributed by atoms with Gasteiger partial charge in [-0.05, 0) is 13.3 Å². The normalized spacial score (nSPS) is 12.8. The van der Waals surface area contributed by atoms with E-state index in [2.05, 4.69) is 9.97 Å². The quantitative estimate of drug-likeness (QED) is 0.784. The second-order valence-electron chi connectivity index (χ2n) is 3.30. The summed E-state index contributed by atoms with van der Waals surface area (Å²) in [6, 6.07) is 1.81. The van der Waals surface area contributed by atoms with E-state index in [0.717, 1.165) is 17.9 Å². The standard InChI is InChI=1S/C10H17N3O/c1-4-8-6-9(11)13-10(12-8)5-7(2)14-3/h6-7H,4-5H2,1-3H3,(H2,11,12,13). The summed E-state index contributed by atoms with van der Waals surface area (Å²) in [5, 5.41) is 0. The third-order valence-corrected chi connectivity index (χ3v) is 2.08. The highest BCUT2D eigenvalue weighted by Gasteiger charge is 2.06. The van der Waals surface area contributed by atoms with Crippen LogP contribution in [-0.2, 0) is 17.6 Å². The SMILES string of the molecule is CCc1cc(N)nc(CC(C)OC)n1. The second kappa shape index (κ2) is 4.91. The van der Waals surface area contributed by atoms with Gasteiger partial charge in [-0.15, -0.1) is 0 Å². The van der Waals surface area contributed by atoms with Crippen molar-refractivity contribution in [2.24, 2.45) is 0 Å². The Kier molecular flexibility index (Phi) is 3.83. The number of aromatic nitrogens is 2. The molecule has 0 saturated carbocycles. The molecule has 0 saturated heterocycles. The molecular weight excluding hydrogens is 178 g/mol. The zero-order valence-electron chi connectivity index (χ0n) is 8.95. The van der Waals surface area contributed by atoms with Gasteiger partial charge >= 0.3 is 0 Å². The Morgan fingerprint density at radius 1 is 1.50 bits per heavy atom. The van der Waals surface area contributed by atoms with E-state index in [1.54, 1.807) is 13.2 Å². The molecule has 0 aliphatic carbocycles. The van der Waals surface area contributed by atoms with Gasteiger partial charge in [0.2, 0.25) is 0 Å². The van der Waals surface area contributed by atoms with Gasteiger partial charge in [-0.3, -0.25) is 0 Å². The molecule has 4 nitrogen and oxygen atoms in total. The van der Waals surface area contributed by atoms with Crippen molar-refractivity contribution in [2.45, 2.75) is 32.8 Å². The number of nitrogens with two attached hydrogens (primary N) is 1. The molecule has 4 heteroatoms. The first-order valence-electron chi connectivity index (χ1n) is 4.80. The Morgan fingerprint density at radius 3 is 2.79 bits per heavy atom. The van der Waals surface area contributed by atoms with Gasteiger partial charge in [0.25, 0.3) is 0 Å². The smallest absolute Gasteiger partial charge is 0.133 e. The highest BCUT2D eigenvalue weighted by Crippen LogP contribution is 2.06. The average molecular weight is 195 g/mol. The number of ether oxygens (including phenoxy) is 1. The summed E-state index contributed by atoms with van der Waals surface area (Å²) in [6.07, 6.45) is 1.71. The van der Waals surface area contributed by atoms with Crippen LogP contribution >= 0.6 is 0 Å². The number of methoxy groups -OCH3 is 1. The zero-order valence-corrected chi connectivity index (χ0v) is 8.95. The number of rotatable bonds is 4. The minimum Gasteiger partial charge on any atom is -0.384 e. The number of anilines is 1. The summed E-state index contributed by atoms with van der Waals surface area (Å²) >= 11 is 0. The monoisotopic (exact) mass is 195 g/mol. The molecular formula is C10H17N3O. The van der Waals surface area contributed by atoms with Crippen LogP contribution in [0.2, 0.25) is 0 Å². The van der Waals surface area contributed by atoms with Gasteiger partial charge in [0.05, 0.1) is 6.10 Å². The third-order valence-electron chi connectivity index (χ3n) is 2.08. The summed E-state index contributed by atoms with van der Waals surface area (Å²) in [5.41, 5.74) is 6.64. The van der Waals surface area contributed by atoms with Crippen molar-refractivity contribution >= 4 is 5.82 Å². The van der Waals surface area contributed by atoms with Crippen molar-refractivity contribution in [2.75, 3.05) is 12.8 Å². The molecule has 0 aliphatic heterocycles. The molecule has 0 aliphatic rings. The lowest BCUT2D eigenvalue weighted by Gasteiger charge is -2.09. The topological polar surface area (TPSA) is 61.0 Å². The molecule has 2 N–H and O–H groups in total. The van der Waals surface area contributed by atoms with Gasteiger partial charge in [0, 0.05) is 25.3 Å². The zero-order chi connectivity index (χ0) is 10.6. The number of nitrogen functional groups attached to an aromatic ring is 1. The van der Waals surface area contributed by atoms with Gasteiger partial charge in [-0.25, -0.2) is 9.97 Å². The van der Waals surface area contributed by atoms with Crippen LogP contribution in [0.4, 0.5) is 5.82 Å². The fourth-order valence-electron chi connectivity index (χ4n) is 1.19. The number of aryl methyl sites for hydroxylation is 1. The van der Waals surface area contributed by atoms with Crippen LogP contribution in [0, 0.1) is 0 Å². The molecule has 1 aromatic heterocycles. The fourth-order valence-corrected chi connectivity index (χ4v) is 1.19. The van der Waals surface area contributed by atoms with Crippen molar-refractivity contribution < 1.29 is 4.74 Å². The Bertz CT molecular complexity index is 301. The van der Waals surface area contributed by atoms with Gasteiger partial charge in [0.15, 0.2) is 0 Å². The molecule has 1 unspecified atom stereocenters. The Balaban J connectivity index is 2.81. The molecule has 1 atom stereocenters. The molecule has 0 bridgehead atoms. The van der Waals surface area contributed by atoms with Gasteiger partial charge in [-0.1, -0.05) is 6.92 Å². The van der Waals surface area contributed by atoms with Crippen molar-refractivity contribution in [3.63, 3.8) is 0 Å². The maximum atomic E-state index is 5.66. The van der Waals surface area contributed by atoms with Crippen LogP contribution in [0.3, 0.4) is 0 Å². The Morgan fingerprint density at radius 2 is 2.21 bits per heavy atom. The average Bonchev–Trinajstić information content (AvgIpc) is 2.16. The van der Waals surface area contributed by atoms with Crippen LogP contribution in [0.5, 0.6) is 0 Å². The summed E-state index contributed by atoms with van der Waals surface area (Å²) in [4.78, 5) is 8.53. The Labute approximate surface area is 84.5 Å². The van der Waals surface area contributed by atoms with Crippen molar-refractivity contribution in [1.29, 1.82) is 0 Å². The summed E-state index contributed by atoms with van der Waals surface area (Å²) in [7, 11) is 1.68. The fraction of sp³-hybridized carbons (Fsp3) is 0.600. The summed E-state index contributed by atoms with van der Waals surface area (Å²) in [6.45, 7) is 4.03. The second-order valence-corrected chi connectivity index (χ2v) is 3.30. The molecule has 0 radical (unpaired) electrons. The van der Waals surface area contributed by atoms with Crippen molar-refractivity contribution in [3.05, 3.63) is 17.6 Å². The number of nitrogens with zero attached hydrogens (tertiary/aromatic N) is 2. The largest absolute Gasteiger partial charge is 0.384 e. The third kappa shape index (κ3) is 2.96. The maximum Gasteiger partial charge on any atom is 0.133 e. The first kappa shape index (κ1) is 10.9. The Hall–Kier alpha value is -1.16. The lowest BCUT2D eigenvalue weighted by atomic mass is 10.2. The molecule has 14 heavy (non-hydrogen) atoms. The first-order chi connectivity index (χ1) is 6.65. The van der Waals surface area contributed by atoms with E-state index in [9.17, 15) is 0 Å². The predicted molar refractivity (Wildman–Crippen MR) is 56.0 cm³/mol. The molecule has 0 spiro atoms. The summed E-state index contributed by atoms with van der Waals surface area (Å²) in [5.74, 6) is 1.30. The van der Waals surface area contributed by atoms with Gasteiger partial charge in [-0.2, -0.15) is 0 Å². The van der Waals surface area contributed by atoms with E-state index in [-0.39, 0.29) is 6.10 Å². The van der Waals surface area contributed by atoms with Crippen LogP contribution in [0.25, 0.3) is 0 Å².